The minimum Gasteiger partial charge on any atom is -0.496 e. The van der Waals surface area contributed by atoms with Crippen LogP contribution in [0, 0.1) is 0 Å². The summed E-state index contributed by atoms with van der Waals surface area (Å²) in [6.07, 6.45) is 0. The third-order valence-electron chi connectivity index (χ3n) is 3.14. The van der Waals surface area contributed by atoms with Crippen LogP contribution < -0.4 is 10.1 Å². The van der Waals surface area contributed by atoms with Crippen molar-refractivity contribution in [3.05, 3.63) is 53.1 Å². The van der Waals surface area contributed by atoms with Crippen LogP contribution in [-0.4, -0.2) is 13.2 Å². The van der Waals surface area contributed by atoms with Gasteiger partial charge in [0.25, 0.3) is 0 Å². The first kappa shape index (κ1) is 14.9. The van der Waals surface area contributed by atoms with Gasteiger partial charge in [-0.05, 0) is 29.3 Å². The first-order valence-electron chi connectivity index (χ1n) is 6.76. The SMILES string of the molecule is COc1ccc(Cl)cc1-c1ccc(CNC(C)C)cc1. The molecule has 0 aliphatic rings. The first-order valence-corrected chi connectivity index (χ1v) is 7.14. The van der Waals surface area contributed by atoms with Gasteiger partial charge in [-0.3, -0.25) is 0 Å². The molecule has 0 atom stereocenters. The summed E-state index contributed by atoms with van der Waals surface area (Å²) in [5.74, 6) is 0.836. The van der Waals surface area contributed by atoms with E-state index in [0.29, 0.717) is 11.1 Å². The Balaban J connectivity index is 2.23. The molecule has 0 spiro atoms. The van der Waals surface area contributed by atoms with Crippen LogP contribution in [0.25, 0.3) is 11.1 Å². The largest absolute Gasteiger partial charge is 0.496 e. The van der Waals surface area contributed by atoms with Crippen LogP contribution >= 0.6 is 11.6 Å². The lowest BCUT2D eigenvalue weighted by molar-refractivity contribution is 0.416. The fourth-order valence-electron chi connectivity index (χ4n) is 2.03. The molecule has 0 amide bonds. The van der Waals surface area contributed by atoms with Crippen molar-refractivity contribution in [3.63, 3.8) is 0 Å². The highest BCUT2D eigenvalue weighted by Gasteiger charge is 2.06. The first-order chi connectivity index (χ1) is 9.60. The minimum absolute atomic E-state index is 0.489. The molecule has 0 heterocycles. The molecule has 2 nitrogen and oxygen atoms in total. The smallest absolute Gasteiger partial charge is 0.126 e. The van der Waals surface area contributed by atoms with Crippen molar-refractivity contribution in [2.45, 2.75) is 26.4 Å². The molecule has 1 N–H and O–H groups in total. The van der Waals surface area contributed by atoms with Crippen LogP contribution in [-0.2, 0) is 6.54 Å². The average Bonchev–Trinajstić information content (AvgIpc) is 2.45. The van der Waals surface area contributed by atoms with Crippen molar-refractivity contribution in [3.8, 4) is 16.9 Å². The quantitative estimate of drug-likeness (QED) is 0.874. The van der Waals surface area contributed by atoms with Crippen molar-refractivity contribution in [1.82, 2.24) is 5.32 Å². The predicted octanol–water partition coefficient (Wildman–Crippen LogP) is 4.51. The van der Waals surface area contributed by atoms with Crippen LogP contribution in [0.2, 0.25) is 5.02 Å². The molecule has 2 aromatic carbocycles. The zero-order chi connectivity index (χ0) is 14.5. The zero-order valence-corrected chi connectivity index (χ0v) is 12.9. The Kier molecular flexibility index (Phi) is 5.05. The summed E-state index contributed by atoms with van der Waals surface area (Å²) in [6, 6.07) is 14.6. The molecule has 0 aliphatic carbocycles. The summed E-state index contributed by atoms with van der Waals surface area (Å²) in [7, 11) is 1.67. The highest BCUT2D eigenvalue weighted by atomic mass is 35.5. The number of rotatable bonds is 5. The van der Waals surface area contributed by atoms with Crippen molar-refractivity contribution in [1.29, 1.82) is 0 Å². The molecule has 0 aromatic heterocycles. The summed E-state index contributed by atoms with van der Waals surface area (Å²) < 4.78 is 5.39. The summed E-state index contributed by atoms with van der Waals surface area (Å²) in [4.78, 5) is 0. The Labute approximate surface area is 125 Å². The van der Waals surface area contributed by atoms with Gasteiger partial charge in [-0.1, -0.05) is 49.7 Å². The number of hydrogen-bond donors (Lipinski definition) is 1. The highest BCUT2D eigenvalue weighted by molar-refractivity contribution is 6.31. The molecule has 0 saturated heterocycles. The van der Waals surface area contributed by atoms with Crippen LogP contribution in [0.5, 0.6) is 5.75 Å². The minimum atomic E-state index is 0.489. The number of ether oxygens (including phenoxy) is 1. The molecule has 0 fully saturated rings. The summed E-state index contributed by atoms with van der Waals surface area (Å²) >= 11 is 6.07. The predicted molar refractivity (Wildman–Crippen MR) is 85.4 cm³/mol. The van der Waals surface area contributed by atoms with E-state index in [1.165, 1.54) is 5.56 Å². The molecule has 0 aliphatic heterocycles. The monoisotopic (exact) mass is 289 g/mol. The Bertz CT molecular complexity index is 564. The van der Waals surface area contributed by atoms with E-state index in [-0.39, 0.29) is 0 Å². The van der Waals surface area contributed by atoms with Crippen molar-refractivity contribution >= 4 is 11.6 Å². The topological polar surface area (TPSA) is 21.3 Å². The van der Waals surface area contributed by atoms with E-state index in [2.05, 4.69) is 43.4 Å². The van der Waals surface area contributed by atoms with Gasteiger partial charge in [0.15, 0.2) is 0 Å². The van der Waals surface area contributed by atoms with Crippen molar-refractivity contribution in [2.24, 2.45) is 0 Å². The Morgan fingerprint density at radius 1 is 1.10 bits per heavy atom. The molecule has 0 saturated carbocycles. The van der Waals surface area contributed by atoms with Gasteiger partial charge in [0, 0.05) is 23.2 Å². The van der Waals surface area contributed by atoms with Gasteiger partial charge in [-0.25, -0.2) is 0 Å². The van der Waals surface area contributed by atoms with E-state index in [0.717, 1.165) is 23.4 Å². The Hall–Kier alpha value is -1.51. The lowest BCUT2D eigenvalue weighted by Gasteiger charge is -2.11. The van der Waals surface area contributed by atoms with E-state index in [9.17, 15) is 0 Å². The number of nitrogens with one attached hydrogen (secondary N) is 1. The molecule has 106 valence electrons. The second kappa shape index (κ2) is 6.78. The standard InChI is InChI=1S/C17H20ClNO/c1-12(2)19-11-13-4-6-14(7-5-13)16-10-15(18)8-9-17(16)20-3/h4-10,12,19H,11H2,1-3H3. The normalized spacial score (nSPS) is 10.8. The maximum Gasteiger partial charge on any atom is 0.126 e. The number of methoxy groups -OCH3 is 1. The fraction of sp³-hybridized carbons (Fsp3) is 0.294. The average molecular weight is 290 g/mol. The van der Waals surface area contributed by atoms with Gasteiger partial charge in [-0.15, -0.1) is 0 Å². The van der Waals surface area contributed by atoms with Gasteiger partial charge < -0.3 is 10.1 Å². The second-order valence-corrected chi connectivity index (χ2v) is 5.51. The zero-order valence-electron chi connectivity index (χ0n) is 12.1. The van der Waals surface area contributed by atoms with Crippen LogP contribution in [0.1, 0.15) is 19.4 Å². The highest BCUT2D eigenvalue weighted by Crippen LogP contribution is 2.32. The lowest BCUT2D eigenvalue weighted by Crippen LogP contribution is -2.21. The second-order valence-electron chi connectivity index (χ2n) is 5.08. The summed E-state index contributed by atoms with van der Waals surface area (Å²) in [6.45, 7) is 5.17. The van der Waals surface area contributed by atoms with E-state index in [4.69, 9.17) is 16.3 Å². The lowest BCUT2D eigenvalue weighted by atomic mass is 10.0. The van der Waals surface area contributed by atoms with Gasteiger partial charge in [-0.2, -0.15) is 0 Å². The molecule has 0 bridgehead atoms. The number of benzene rings is 2. The third-order valence-corrected chi connectivity index (χ3v) is 3.38. The molecular weight excluding hydrogens is 270 g/mol. The van der Waals surface area contributed by atoms with Crippen molar-refractivity contribution in [2.75, 3.05) is 7.11 Å². The maximum atomic E-state index is 6.07. The number of hydrogen-bond acceptors (Lipinski definition) is 2. The van der Waals surface area contributed by atoms with Crippen molar-refractivity contribution < 1.29 is 4.74 Å². The maximum absolute atomic E-state index is 6.07. The van der Waals surface area contributed by atoms with E-state index < -0.39 is 0 Å². The number of halogens is 1. The van der Waals surface area contributed by atoms with E-state index in [1.807, 2.05) is 18.2 Å². The van der Waals surface area contributed by atoms with Gasteiger partial charge in [0.1, 0.15) is 5.75 Å². The van der Waals surface area contributed by atoms with Crippen LogP contribution in [0.3, 0.4) is 0 Å². The summed E-state index contributed by atoms with van der Waals surface area (Å²) in [5.41, 5.74) is 3.39. The Morgan fingerprint density at radius 3 is 2.40 bits per heavy atom. The van der Waals surface area contributed by atoms with E-state index in [1.54, 1.807) is 7.11 Å². The molecule has 20 heavy (non-hydrogen) atoms. The molecular formula is C17H20ClNO. The van der Waals surface area contributed by atoms with Gasteiger partial charge in [0.05, 0.1) is 7.11 Å². The molecule has 0 radical (unpaired) electrons. The summed E-state index contributed by atoms with van der Waals surface area (Å²) in [5, 5.41) is 4.12. The van der Waals surface area contributed by atoms with E-state index >= 15 is 0 Å². The fourth-order valence-corrected chi connectivity index (χ4v) is 2.20. The van der Waals surface area contributed by atoms with Crippen LogP contribution in [0.15, 0.2) is 42.5 Å². The van der Waals surface area contributed by atoms with Gasteiger partial charge >= 0.3 is 0 Å². The molecule has 3 heteroatoms. The molecule has 2 aromatic rings. The molecule has 2 rings (SSSR count). The third kappa shape index (κ3) is 3.75. The molecule has 0 unspecified atom stereocenters. The van der Waals surface area contributed by atoms with Gasteiger partial charge in [0.2, 0.25) is 0 Å². The van der Waals surface area contributed by atoms with Crippen LogP contribution in [0.4, 0.5) is 0 Å². The Morgan fingerprint density at radius 2 is 1.80 bits per heavy atom.